The van der Waals surface area contributed by atoms with Crippen LogP contribution in [0.1, 0.15) is 82.4 Å². The van der Waals surface area contributed by atoms with Gasteiger partial charge in [-0.3, -0.25) is 0 Å². The second kappa shape index (κ2) is 11.6. The predicted octanol–water partition coefficient (Wildman–Crippen LogP) is 7.58. The molecule has 0 saturated heterocycles. The first-order valence-corrected chi connectivity index (χ1v) is 10.5. The maximum Gasteiger partial charge on any atom is 0.0309 e. The van der Waals surface area contributed by atoms with Crippen LogP contribution in [0.25, 0.3) is 11.1 Å². The van der Waals surface area contributed by atoms with Gasteiger partial charge in [-0.15, -0.1) is 0 Å². The van der Waals surface area contributed by atoms with Crippen LogP contribution in [0, 0.1) is 11.8 Å². The fourth-order valence-electron chi connectivity index (χ4n) is 3.27. The van der Waals surface area contributed by atoms with E-state index in [0.29, 0.717) is 0 Å². The van der Waals surface area contributed by atoms with Crippen molar-refractivity contribution >= 4 is 0 Å². The summed E-state index contributed by atoms with van der Waals surface area (Å²) in [5.41, 5.74) is 6.88. The van der Waals surface area contributed by atoms with Crippen LogP contribution in [0.2, 0.25) is 0 Å². The summed E-state index contributed by atoms with van der Waals surface area (Å²) in [6.45, 7) is 6.77. The number of hydrogen-bond donors (Lipinski definition) is 0. The van der Waals surface area contributed by atoms with Crippen LogP contribution >= 0.6 is 0 Å². The largest absolute Gasteiger partial charge is 0.0979 e. The van der Waals surface area contributed by atoms with Gasteiger partial charge in [0.25, 0.3) is 0 Å². The standard InChI is InChI=1S/C26H34/c1-4-7-10-14-19-26-23(15-8-5-2)20-25(21-24(26)16-9-6-3)22-17-12-11-13-18-22/h11-13,17-18,20-21H,4-10,15-16H2,1-3H3. The lowest BCUT2D eigenvalue weighted by Crippen LogP contribution is -1.99. The molecule has 0 heteroatoms. The molecule has 0 spiro atoms. The highest BCUT2D eigenvalue weighted by Gasteiger charge is 2.10. The Balaban J connectivity index is 2.48. The maximum atomic E-state index is 3.56. The summed E-state index contributed by atoms with van der Waals surface area (Å²) in [5.74, 6) is 7.01. The summed E-state index contributed by atoms with van der Waals surface area (Å²) in [7, 11) is 0. The molecule has 26 heavy (non-hydrogen) atoms. The van der Waals surface area contributed by atoms with E-state index >= 15 is 0 Å². The molecule has 2 aromatic carbocycles. The molecule has 2 rings (SSSR count). The first kappa shape index (κ1) is 20.3. The van der Waals surface area contributed by atoms with E-state index < -0.39 is 0 Å². The van der Waals surface area contributed by atoms with Crippen molar-refractivity contribution in [2.75, 3.05) is 0 Å². The van der Waals surface area contributed by atoms with Gasteiger partial charge in [-0.05, 0) is 66.5 Å². The number of unbranched alkanes of at least 4 members (excludes halogenated alkanes) is 4. The third kappa shape index (κ3) is 6.06. The van der Waals surface area contributed by atoms with Crippen molar-refractivity contribution in [1.82, 2.24) is 0 Å². The summed E-state index contributed by atoms with van der Waals surface area (Å²) < 4.78 is 0. The van der Waals surface area contributed by atoms with Crippen LogP contribution in [0.4, 0.5) is 0 Å². The molecule has 0 fully saturated rings. The smallest absolute Gasteiger partial charge is 0.0309 e. The highest BCUT2D eigenvalue weighted by atomic mass is 14.1. The van der Waals surface area contributed by atoms with Gasteiger partial charge in [-0.25, -0.2) is 0 Å². The monoisotopic (exact) mass is 346 g/mol. The third-order valence-electron chi connectivity index (χ3n) is 4.88. The fraction of sp³-hybridized carbons (Fsp3) is 0.462. The van der Waals surface area contributed by atoms with Gasteiger partial charge in [-0.2, -0.15) is 0 Å². The quantitative estimate of drug-likeness (QED) is 0.324. The lowest BCUT2D eigenvalue weighted by molar-refractivity contribution is 0.778. The predicted molar refractivity (Wildman–Crippen MR) is 116 cm³/mol. The molecule has 0 nitrogen and oxygen atoms in total. The molecular formula is C26H34. The van der Waals surface area contributed by atoms with Gasteiger partial charge in [0, 0.05) is 12.0 Å². The van der Waals surface area contributed by atoms with Crippen molar-refractivity contribution in [2.45, 2.75) is 78.6 Å². The van der Waals surface area contributed by atoms with E-state index in [-0.39, 0.29) is 0 Å². The molecule has 0 heterocycles. The Kier molecular flexibility index (Phi) is 9.05. The van der Waals surface area contributed by atoms with Crippen molar-refractivity contribution in [3.63, 3.8) is 0 Å². The average Bonchev–Trinajstić information content (AvgIpc) is 2.69. The first-order chi connectivity index (χ1) is 12.8. The van der Waals surface area contributed by atoms with Crippen LogP contribution < -0.4 is 0 Å². The molecule has 0 bridgehead atoms. The lowest BCUT2D eigenvalue weighted by Gasteiger charge is -2.14. The number of benzene rings is 2. The molecule has 138 valence electrons. The van der Waals surface area contributed by atoms with E-state index in [1.807, 2.05) is 0 Å². The third-order valence-corrected chi connectivity index (χ3v) is 4.88. The first-order valence-electron chi connectivity index (χ1n) is 10.5. The zero-order valence-corrected chi connectivity index (χ0v) is 16.9. The van der Waals surface area contributed by atoms with Crippen molar-refractivity contribution in [1.29, 1.82) is 0 Å². The minimum absolute atomic E-state index is 1.01. The van der Waals surface area contributed by atoms with Gasteiger partial charge < -0.3 is 0 Å². The van der Waals surface area contributed by atoms with Crippen LogP contribution in [0.5, 0.6) is 0 Å². The average molecular weight is 347 g/mol. The normalized spacial score (nSPS) is 10.4. The Labute approximate surface area is 161 Å². The summed E-state index contributed by atoms with van der Waals surface area (Å²) in [6, 6.07) is 15.6. The minimum Gasteiger partial charge on any atom is -0.0979 e. The van der Waals surface area contributed by atoms with Gasteiger partial charge >= 0.3 is 0 Å². The van der Waals surface area contributed by atoms with E-state index in [1.165, 1.54) is 66.3 Å². The molecule has 0 aliphatic heterocycles. The van der Waals surface area contributed by atoms with Crippen molar-refractivity contribution in [3.05, 3.63) is 59.2 Å². The zero-order chi connectivity index (χ0) is 18.6. The molecule has 0 aliphatic rings. The van der Waals surface area contributed by atoms with E-state index in [9.17, 15) is 0 Å². The van der Waals surface area contributed by atoms with Gasteiger partial charge in [0.2, 0.25) is 0 Å². The molecule has 2 aromatic rings. The Morgan fingerprint density at radius 3 is 1.81 bits per heavy atom. The van der Waals surface area contributed by atoms with E-state index in [2.05, 4.69) is 75.1 Å². The Hall–Kier alpha value is -2.00. The molecule has 0 atom stereocenters. The van der Waals surface area contributed by atoms with Crippen molar-refractivity contribution in [2.24, 2.45) is 0 Å². The van der Waals surface area contributed by atoms with Crippen LogP contribution in [0.3, 0.4) is 0 Å². The molecule has 0 unspecified atom stereocenters. The zero-order valence-electron chi connectivity index (χ0n) is 16.9. The second-order valence-corrected chi connectivity index (χ2v) is 7.15. The van der Waals surface area contributed by atoms with Gasteiger partial charge in [0.15, 0.2) is 0 Å². The molecule has 0 amide bonds. The molecule has 0 aliphatic carbocycles. The van der Waals surface area contributed by atoms with Crippen molar-refractivity contribution < 1.29 is 0 Å². The van der Waals surface area contributed by atoms with Gasteiger partial charge in [-0.1, -0.05) is 82.2 Å². The van der Waals surface area contributed by atoms with E-state index in [0.717, 1.165) is 19.3 Å². The number of rotatable bonds is 9. The van der Waals surface area contributed by atoms with Crippen LogP contribution in [-0.4, -0.2) is 0 Å². The molecule has 0 radical (unpaired) electrons. The molecule has 0 saturated carbocycles. The van der Waals surface area contributed by atoms with E-state index in [1.54, 1.807) is 0 Å². The van der Waals surface area contributed by atoms with Crippen LogP contribution in [-0.2, 0) is 12.8 Å². The SMILES string of the molecule is CCCCC#Cc1c(CCCC)cc(-c2ccccc2)cc1CCCC. The Morgan fingerprint density at radius 1 is 0.692 bits per heavy atom. The summed E-state index contributed by atoms with van der Waals surface area (Å²) >= 11 is 0. The molecule has 0 aromatic heterocycles. The summed E-state index contributed by atoms with van der Waals surface area (Å²) in [5, 5.41) is 0. The Bertz CT molecular complexity index is 684. The Morgan fingerprint density at radius 2 is 1.27 bits per heavy atom. The summed E-state index contributed by atoms with van der Waals surface area (Å²) in [4.78, 5) is 0. The van der Waals surface area contributed by atoms with Crippen LogP contribution in [0.15, 0.2) is 42.5 Å². The minimum atomic E-state index is 1.01. The topological polar surface area (TPSA) is 0 Å². The molecule has 0 N–H and O–H groups in total. The fourth-order valence-corrected chi connectivity index (χ4v) is 3.27. The van der Waals surface area contributed by atoms with Crippen molar-refractivity contribution in [3.8, 4) is 23.0 Å². The van der Waals surface area contributed by atoms with E-state index in [4.69, 9.17) is 0 Å². The maximum absolute atomic E-state index is 3.56. The number of hydrogen-bond acceptors (Lipinski definition) is 0. The lowest BCUT2D eigenvalue weighted by atomic mass is 9.90. The summed E-state index contributed by atoms with van der Waals surface area (Å²) in [6.07, 6.45) is 10.6. The molecular weight excluding hydrogens is 312 g/mol. The van der Waals surface area contributed by atoms with Gasteiger partial charge in [0.1, 0.15) is 0 Å². The second-order valence-electron chi connectivity index (χ2n) is 7.15. The highest BCUT2D eigenvalue weighted by molar-refractivity contribution is 5.68. The van der Waals surface area contributed by atoms with Gasteiger partial charge in [0.05, 0.1) is 0 Å². The number of aryl methyl sites for hydroxylation is 2. The highest BCUT2D eigenvalue weighted by Crippen LogP contribution is 2.28.